The highest BCUT2D eigenvalue weighted by molar-refractivity contribution is 7.89. The smallest absolute Gasteiger partial charge is 0.276 e. The van der Waals surface area contributed by atoms with Crippen molar-refractivity contribution in [2.45, 2.75) is 44.4 Å². The summed E-state index contributed by atoms with van der Waals surface area (Å²) in [7, 11) is -3.52. The van der Waals surface area contributed by atoms with Gasteiger partial charge in [0.05, 0.1) is 18.2 Å². The van der Waals surface area contributed by atoms with Crippen LogP contribution >= 0.6 is 0 Å². The normalized spacial score (nSPS) is 16.5. The van der Waals surface area contributed by atoms with E-state index in [4.69, 9.17) is 9.68 Å². The fourth-order valence-electron chi connectivity index (χ4n) is 3.41. The van der Waals surface area contributed by atoms with Gasteiger partial charge in [-0.05, 0) is 56.1 Å². The molecule has 27 heavy (non-hydrogen) atoms. The van der Waals surface area contributed by atoms with E-state index in [0.717, 1.165) is 24.9 Å². The van der Waals surface area contributed by atoms with Gasteiger partial charge in [0.2, 0.25) is 5.09 Å². The lowest BCUT2D eigenvalue weighted by Gasteiger charge is -2.27. The van der Waals surface area contributed by atoms with Crippen molar-refractivity contribution in [3.63, 3.8) is 0 Å². The molecule has 1 atom stereocenters. The van der Waals surface area contributed by atoms with Crippen molar-refractivity contribution in [3.05, 3.63) is 53.3 Å². The number of hydrogen-bond donors (Lipinski definition) is 0. The van der Waals surface area contributed by atoms with Gasteiger partial charge in [-0.1, -0.05) is 19.1 Å². The fraction of sp³-hybridized carbons (Fsp3) is 0.450. The summed E-state index contributed by atoms with van der Waals surface area (Å²) < 4.78 is 32.4. The maximum absolute atomic E-state index is 12.6. The van der Waals surface area contributed by atoms with E-state index in [0.29, 0.717) is 31.0 Å². The quantitative estimate of drug-likeness (QED) is 0.726. The predicted molar refractivity (Wildman–Crippen MR) is 102 cm³/mol. The van der Waals surface area contributed by atoms with Crippen molar-refractivity contribution in [2.24, 2.45) is 0 Å². The summed E-state index contributed by atoms with van der Waals surface area (Å²) in [5.74, 6) is 0.634. The predicted octanol–water partition coefficient (Wildman–Crippen LogP) is 3.52. The van der Waals surface area contributed by atoms with Gasteiger partial charge in [-0.2, -0.15) is 9.57 Å². The summed E-state index contributed by atoms with van der Waals surface area (Å²) in [5, 5.41) is 8.97. The third-order valence-electron chi connectivity index (χ3n) is 5.13. The van der Waals surface area contributed by atoms with E-state index in [2.05, 4.69) is 24.8 Å². The number of nitrogens with zero attached hydrogens (tertiary/aromatic N) is 3. The number of benzene rings is 1. The van der Waals surface area contributed by atoms with Gasteiger partial charge < -0.3 is 4.42 Å². The Balaban J connectivity index is 1.73. The minimum Gasteiger partial charge on any atom is -0.447 e. The van der Waals surface area contributed by atoms with E-state index >= 15 is 0 Å². The summed E-state index contributed by atoms with van der Waals surface area (Å²) in [5.41, 5.74) is 1.74. The van der Waals surface area contributed by atoms with Crippen molar-refractivity contribution in [3.8, 4) is 6.07 Å². The second-order valence-electron chi connectivity index (χ2n) is 6.80. The zero-order valence-electron chi connectivity index (χ0n) is 15.8. The van der Waals surface area contributed by atoms with Gasteiger partial charge in [0.1, 0.15) is 5.76 Å². The Kier molecular flexibility index (Phi) is 6.00. The molecule has 2 heterocycles. The molecule has 0 amide bonds. The highest BCUT2D eigenvalue weighted by atomic mass is 32.2. The van der Waals surface area contributed by atoms with Crippen LogP contribution in [0.15, 0.2) is 45.9 Å². The molecule has 144 valence electrons. The Hall–Kier alpha value is -2.14. The van der Waals surface area contributed by atoms with E-state index < -0.39 is 10.0 Å². The lowest BCUT2D eigenvalue weighted by Crippen LogP contribution is -2.27. The van der Waals surface area contributed by atoms with E-state index in [1.165, 1.54) is 4.31 Å². The SMILES string of the molecule is CCN(Cc1ccc(S(=O)(=O)N2CCCC2)o1)C(C)c1ccc(C#N)cc1. The van der Waals surface area contributed by atoms with Gasteiger partial charge in [0.15, 0.2) is 0 Å². The lowest BCUT2D eigenvalue weighted by molar-refractivity contribution is 0.191. The third-order valence-corrected chi connectivity index (χ3v) is 6.90. The van der Waals surface area contributed by atoms with E-state index in [1.54, 1.807) is 12.1 Å². The Bertz CT molecular complexity index is 907. The molecule has 0 spiro atoms. The van der Waals surface area contributed by atoms with Gasteiger partial charge in [0, 0.05) is 19.1 Å². The van der Waals surface area contributed by atoms with Crippen LogP contribution in [0.25, 0.3) is 0 Å². The maximum atomic E-state index is 12.6. The molecule has 6 nitrogen and oxygen atoms in total. The second-order valence-corrected chi connectivity index (χ2v) is 8.67. The first kappa shape index (κ1) is 19.6. The Morgan fingerprint density at radius 3 is 2.44 bits per heavy atom. The molecule has 0 bridgehead atoms. The summed E-state index contributed by atoms with van der Waals surface area (Å²) in [6, 6.07) is 13.1. The molecule has 1 saturated heterocycles. The first-order valence-corrected chi connectivity index (χ1v) is 10.7. The number of rotatable bonds is 7. The van der Waals surface area contributed by atoms with E-state index in [1.807, 2.05) is 24.3 Å². The topological polar surface area (TPSA) is 77.6 Å². The van der Waals surface area contributed by atoms with Crippen LogP contribution < -0.4 is 0 Å². The van der Waals surface area contributed by atoms with Crippen LogP contribution in [0, 0.1) is 11.3 Å². The first-order valence-electron chi connectivity index (χ1n) is 9.28. The van der Waals surface area contributed by atoms with Crippen LogP contribution in [0.3, 0.4) is 0 Å². The fourth-order valence-corrected chi connectivity index (χ4v) is 4.85. The van der Waals surface area contributed by atoms with Gasteiger partial charge >= 0.3 is 0 Å². The molecule has 0 saturated carbocycles. The van der Waals surface area contributed by atoms with Gasteiger partial charge in [-0.15, -0.1) is 0 Å². The van der Waals surface area contributed by atoms with Crippen LogP contribution in [0.4, 0.5) is 0 Å². The minimum atomic E-state index is -3.52. The van der Waals surface area contributed by atoms with Crippen LogP contribution in [0.1, 0.15) is 49.6 Å². The van der Waals surface area contributed by atoms with Crippen molar-refractivity contribution in [2.75, 3.05) is 19.6 Å². The highest BCUT2D eigenvalue weighted by Gasteiger charge is 2.30. The third kappa shape index (κ3) is 4.24. The summed E-state index contributed by atoms with van der Waals surface area (Å²) >= 11 is 0. The molecule has 1 aromatic carbocycles. The van der Waals surface area contributed by atoms with Crippen LogP contribution in [-0.4, -0.2) is 37.3 Å². The summed E-state index contributed by atoms with van der Waals surface area (Å²) in [6.07, 6.45) is 1.80. The number of furan rings is 1. The molecular formula is C20H25N3O3S. The van der Waals surface area contributed by atoms with Gasteiger partial charge in [0.25, 0.3) is 10.0 Å². The maximum Gasteiger partial charge on any atom is 0.276 e. The van der Waals surface area contributed by atoms with Crippen molar-refractivity contribution in [1.29, 1.82) is 5.26 Å². The average molecular weight is 388 g/mol. The molecule has 1 aromatic heterocycles. The van der Waals surface area contributed by atoms with Crippen LogP contribution in [-0.2, 0) is 16.6 Å². The Morgan fingerprint density at radius 1 is 1.19 bits per heavy atom. The first-order chi connectivity index (χ1) is 13.0. The summed E-state index contributed by atoms with van der Waals surface area (Å²) in [4.78, 5) is 2.20. The molecule has 1 aliphatic rings. The van der Waals surface area contributed by atoms with Crippen LogP contribution in [0.2, 0.25) is 0 Å². The van der Waals surface area contributed by atoms with E-state index in [9.17, 15) is 8.42 Å². The minimum absolute atomic E-state index is 0.0291. The average Bonchev–Trinajstić information content (AvgIpc) is 3.38. The molecular weight excluding hydrogens is 362 g/mol. The number of sulfonamides is 1. The van der Waals surface area contributed by atoms with Gasteiger partial charge in [-0.3, -0.25) is 4.90 Å². The Labute approximate surface area is 161 Å². The molecule has 0 aliphatic carbocycles. The lowest BCUT2D eigenvalue weighted by atomic mass is 10.0. The zero-order valence-corrected chi connectivity index (χ0v) is 16.6. The molecule has 0 N–H and O–H groups in total. The Morgan fingerprint density at radius 2 is 1.85 bits per heavy atom. The zero-order chi connectivity index (χ0) is 19.4. The monoisotopic (exact) mass is 387 g/mol. The molecule has 3 rings (SSSR count). The largest absolute Gasteiger partial charge is 0.447 e. The number of nitriles is 1. The summed E-state index contributed by atoms with van der Waals surface area (Å²) in [6.45, 7) is 6.59. The molecule has 1 unspecified atom stereocenters. The van der Waals surface area contributed by atoms with Crippen molar-refractivity contribution >= 4 is 10.0 Å². The standard InChI is InChI=1S/C20H25N3O3S/c1-3-22(16(2)18-8-6-17(14-21)7-9-18)15-19-10-11-20(26-19)27(24,25)23-12-4-5-13-23/h6-11,16H,3-5,12-13,15H2,1-2H3. The molecule has 0 radical (unpaired) electrons. The second kappa shape index (κ2) is 8.26. The van der Waals surface area contributed by atoms with E-state index in [-0.39, 0.29) is 11.1 Å². The van der Waals surface area contributed by atoms with Crippen molar-refractivity contribution < 1.29 is 12.8 Å². The van der Waals surface area contributed by atoms with Crippen LogP contribution in [0.5, 0.6) is 0 Å². The molecule has 2 aromatic rings. The molecule has 7 heteroatoms. The van der Waals surface area contributed by atoms with Gasteiger partial charge in [-0.25, -0.2) is 8.42 Å². The number of hydrogen-bond acceptors (Lipinski definition) is 5. The highest BCUT2D eigenvalue weighted by Crippen LogP contribution is 2.26. The molecule has 1 aliphatic heterocycles. The van der Waals surface area contributed by atoms with Crippen molar-refractivity contribution in [1.82, 2.24) is 9.21 Å². The molecule has 1 fully saturated rings.